The second-order valence-electron chi connectivity index (χ2n) is 8.70. The van der Waals surface area contributed by atoms with Gasteiger partial charge in [0.2, 0.25) is 5.91 Å². The van der Waals surface area contributed by atoms with Gasteiger partial charge in [-0.15, -0.1) is 0 Å². The summed E-state index contributed by atoms with van der Waals surface area (Å²) in [7, 11) is 0. The number of aromatic nitrogens is 2. The molecule has 1 aliphatic carbocycles. The molecule has 2 fully saturated rings. The van der Waals surface area contributed by atoms with E-state index in [9.17, 15) is 4.79 Å². The minimum atomic E-state index is 0.0220. The summed E-state index contributed by atoms with van der Waals surface area (Å²) in [6.45, 7) is 3.19. The molecule has 2 saturated heterocycles. The van der Waals surface area contributed by atoms with E-state index in [4.69, 9.17) is 14.7 Å². The molecule has 158 valence electrons. The summed E-state index contributed by atoms with van der Waals surface area (Å²) in [5.74, 6) is 2.08. The fourth-order valence-electron chi connectivity index (χ4n) is 4.94. The van der Waals surface area contributed by atoms with Crippen molar-refractivity contribution in [3.8, 4) is 11.4 Å². The molecule has 0 spiro atoms. The first-order chi connectivity index (χ1) is 14.8. The van der Waals surface area contributed by atoms with Gasteiger partial charge in [0.1, 0.15) is 5.82 Å². The maximum absolute atomic E-state index is 13.0. The highest BCUT2D eigenvalue weighted by Gasteiger charge is 2.31. The molecule has 0 bridgehead atoms. The molecule has 2 aromatic rings. The molecule has 1 N–H and O–H groups in total. The van der Waals surface area contributed by atoms with Gasteiger partial charge < -0.3 is 15.0 Å². The molecule has 0 radical (unpaired) electrons. The Labute approximate surface area is 178 Å². The summed E-state index contributed by atoms with van der Waals surface area (Å²) in [5.41, 5.74) is 3.53. The van der Waals surface area contributed by atoms with Crippen molar-refractivity contribution in [2.75, 3.05) is 31.2 Å². The van der Waals surface area contributed by atoms with Gasteiger partial charge >= 0.3 is 0 Å². The molecule has 3 heterocycles. The van der Waals surface area contributed by atoms with Crippen LogP contribution in [0.3, 0.4) is 0 Å². The lowest BCUT2D eigenvalue weighted by atomic mass is 9.95. The Morgan fingerprint density at radius 2 is 1.87 bits per heavy atom. The number of piperidine rings is 1. The quantitative estimate of drug-likeness (QED) is 0.845. The minimum Gasteiger partial charge on any atom is -0.381 e. The zero-order chi connectivity index (χ0) is 20.3. The standard InChI is InChI=1S/C24H30N4O2/c29-24(25-19-11-14-30-15-12-19)18-8-5-13-28(16-18)23-20-9-4-10-21(20)26-22(27-23)17-6-2-1-3-7-17/h1-3,6-7,18-19H,4-5,8-16H2,(H,25,29)/t18-/m0/s1. The van der Waals surface area contributed by atoms with Crippen LogP contribution in [0.5, 0.6) is 0 Å². The van der Waals surface area contributed by atoms with Gasteiger partial charge in [0.05, 0.1) is 5.92 Å². The van der Waals surface area contributed by atoms with E-state index in [0.29, 0.717) is 0 Å². The summed E-state index contributed by atoms with van der Waals surface area (Å²) in [4.78, 5) is 25.2. The monoisotopic (exact) mass is 406 g/mol. The SMILES string of the molecule is O=C(NC1CCOCC1)[C@H]1CCCN(c2nc(-c3ccccc3)nc3c2CCC3)C1. The molecule has 1 amide bonds. The van der Waals surface area contributed by atoms with Crippen molar-refractivity contribution >= 4 is 11.7 Å². The van der Waals surface area contributed by atoms with Crippen LogP contribution in [0.4, 0.5) is 5.82 Å². The van der Waals surface area contributed by atoms with Crippen molar-refractivity contribution in [1.82, 2.24) is 15.3 Å². The van der Waals surface area contributed by atoms with Gasteiger partial charge in [0.25, 0.3) is 0 Å². The third-order valence-electron chi connectivity index (χ3n) is 6.60. The van der Waals surface area contributed by atoms with Gasteiger partial charge in [0.15, 0.2) is 5.82 Å². The van der Waals surface area contributed by atoms with E-state index >= 15 is 0 Å². The molecule has 5 rings (SSSR count). The van der Waals surface area contributed by atoms with Crippen molar-refractivity contribution in [2.45, 2.75) is 51.0 Å². The minimum absolute atomic E-state index is 0.0220. The van der Waals surface area contributed by atoms with Crippen LogP contribution in [-0.2, 0) is 22.4 Å². The maximum Gasteiger partial charge on any atom is 0.225 e. The summed E-state index contributed by atoms with van der Waals surface area (Å²) in [5, 5.41) is 3.27. The number of hydrogen-bond acceptors (Lipinski definition) is 5. The largest absolute Gasteiger partial charge is 0.381 e. The summed E-state index contributed by atoms with van der Waals surface area (Å²) < 4.78 is 5.42. The van der Waals surface area contributed by atoms with Crippen LogP contribution < -0.4 is 10.2 Å². The first kappa shape index (κ1) is 19.5. The van der Waals surface area contributed by atoms with Crippen molar-refractivity contribution in [3.05, 3.63) is 41.6 Å². The summed E-state index contributed by atoms with van der Waals surface area (Å²) >= 11 is 0. The van der Waals surface area contributed by atoms with Gasteiger partial charge in [0, 0.05) is 49.2 Å². The van der Waals surface area contributed by atoms with Crippen molar-refractivity contribution < 1.29 is 9.53 Å². The molecule has 1 aromatic carbocycles. The maximum atomic E-state index is 13.0. The molecule has 0 unspecified atom stereocenters. The Bertz CT molecular complexity index is 896. The number of rotatable bonds is 4. The lowest BCUT2D eigenvalue weighted by Gasteiger charge is -2.35. The van der Waals surface area contributed by atoms with Crippen LogP contribution in [0.1, 0.15) is 43.4 Å². The number of ether oxygens (including phenoxy) is 1. The Kier molecular flexibility index (Phi) is 5.67. The number of carbonyl (C=O) groups excluding carboxylic acids is 1. The first-order valence-corrected chi connectivity index (χ1v) is 11.4. The van der Waals surface area contributed by atoms with Gasteiger partial charge in [-0.3, -0.25) is 4.79 Å². The zero-order valence-corrected chi connectivity index (χ0v) is 17.5. The van der Waals surface area contributed by atoms with E-state index in [-0.39, 0.29) is 17.9 Å². The summed E-state index contributed by atoms with van der Waals surface area (Å²) in [6.07, 6.45) is 7.00. The highest BCUT2D eigenvalue weighted by molar-refractivity contribution is 5.80. The highest BCUT2D eigenvalue weighted by atomic mass is 16.5. The lowest BCUT2D eigenvalue weighted by molar-refractivity contribution is -0.126. The van der Waals surface area contributed by atoms with Crippen molar-refractivity contribution in [3.63, 3.8) is 0 Å². The molecule has 2 aliphatic heterocycles. The van der Waals surface area contributed by atoms with Crippen LogP contribution in [0, 0.1) is 5.92 Å². The van der Waals surface area contributed by atoms with Gasteiger partial charge in [-0.2, -0.15) is 0 Å². The Balaban J connectivity index is 1.37. The molecule has 1 atom stereocenters. The third-order valence-corrected chi connectivity index (χ3v) is 6.60. The summed E-state index contributed by atoms with van der Waals surface area (Å²) in [6, 6.07) is 10.5. The van der Waals surface area contributed by atoms with Gasteiger partial charge in [-0.25, -0.2) is 9.97 Å². The fourth-order valence-corrected chi connectivity index (χ4v) is 4.94. The van der Waals surface area contributed by atoms with E-state index in [1.165, 1.54) is 11.3 Å². The van der Waals surface area contributed by atoms with Gasteiger partial charge in [-0.1, -0.05) is 30.3 Å². The molecular weight excluding hydrogens is 376 g/mol. The Morgan fingerprint density at radius 3 is 2.70 bits per heavy atom. The van der Waals surface area contributed by atoms with E-state index in [1.54, 1.807) is 0 Å². The van der Waals surface area contributed by atoms with Crippen LogP contribution >= 0.6 is 0 Å². The number of fused-ring (bicyclic) bond motifs is 1. The molecular formula is C24H30N4O2. The predicted molar refractivity (Wildman–Crippen MR) is 116 cm³/mol. The first-order valence-electron chi connectivity index (χ1n) is 11.4. The number of hydrogen-bond donors (Lipinski definition) is 1. The number of nitrogens with zero attached hydrogens (tertiary/aromatic N) is 3. The predicted octanol–water partition coefficient (Wildman–Crippen LogP) is 3.14. The number of nitrogens with one attached hydrogen (secondary N) is 1. The fraction of sp³-hybridized carbons (Fsp3) is 0.542. The van der Waals surface area contributed by atoms with E-state index in [0.717, 1.165) is 88.5 Å². The molecule has 30 heavy (non-hydrogen) atoms. The van der Waals surface area contributed by atoms with Crippen LogP contribution in [0.2, 0.25) is 0 Å². The average Bonchev–Trinajstić information content (AvgIpc) is 3.28. The van der Waals surface area contributed by atoms with Gasteiger partial charge in [-0.05, 0) is 44.9 Å². The number of aryl methyl sites for hydroxylation is 1. The molecule has 0 saturated carbocycles. The number of carbonyl (C=O) groups is 1. The second kappa shape index (κ2) is 8.72. The van der Waals surface area contributed by atoms with Crippen LogP contribution in [0.15, 0.2) is 30.3 Å². The van der Waals surface area contributed by atoms with Crippen LogP contribution in [0.25, 0.3) is 11.4 Å². The third kappa shape index (κ3) is 4.06. The molecule has 6 heteroatoms. The van der Waals surface area contributed by atoms with E-state index < -0.39 is 0 Å². The zero-order valence-electron chi connectivity index (χ0n) is 17.5. The Morgan fingerprint density at radius 1 is 1.03 bits per heavy atom. The highest BCUT2D eigenvalue weighted by Crippen LogP contribution is 2.33. The topological polar surface area (TPSA) is 67.3 Å². The normalized spacial score (nSPS) is 22.0. The van der Waals surface area contributed by atoms with Crippen molar-refractivity contribution in [1.29, 1.82) is 0 Å². The second-order valence-corrected chi connectivity index (χ2v) is 8.70. The van der Waals surface area contributed by atoms with E-state index in [2.05, 4.69) is 22.3 Å². The number of benzene rings is 1. The van der Waals surface area contributed by atoms with E-state index in [1.807, 2.05) is 18.2 Å². The van der Waals surface area contributed by atoms with Crippen molar-refractivity contribution in [2.24, 2.45) is 5.92 Å². The number of anilines is 1. The van der Waals surface area contributed by atoms with Crippen LogP contribution in [-0.4, -0.2) is 48.2 Å². The average molecular weight is 407 g/mol. The molecule has 6 nitrogen and oxygen atoms in total. The lowest BCUT2D eigenvalue weighted by Crippen LogP contribution is -2.47. The number of amides is 1. The molecule has 1 aromatic heterocycles. The smallest absolute Gasteiger partial charge is 0.225 e. The molecule has 3 aliphatic rings. The Hall–Kier alpha value is -2.47.